The van der Waals surface area contributed by atoms with Crippen molar-refractivity contribution in [3.8, 4) is 0 Å². The van der Waals surface area contributed by atoms with E-state index in [9.17, 15) is 26.4 Å². The van der Waals surface area contributed by atoms with Crippen molar-refractivity contribution in [1.29, 1.82) is 0 Å². The summed E-state index contributed by atoms with van der Waals surface area (Å²) in [5.74, 6) is -0.729. The highest BCUT2D eigenvalue weighted by Gasteiger charge is 2.38. The van der Waals surface area contributed by atoms with Crippen LogP contribution in [0.5, 0.6) is 0 Å². The number of rotatable bonds is 4. The lowest BCUT2D eigenvalue weighted by molar-refractivity contribution is 0.0570. The van der Waals surface area contributed by atoms with Gasteiger partial charge in [0.15, 0.2) is 19.7 Å². The van der Waals surface area contributed by atoms with Crippen LogP contribution in [-0.2, 0) is 24.4 Å². The van der Waals surface area contributed by atoms with Crippen LogP contribution in [0.2, 0.25) is 0 Å². The van der Waals surface area contributed by atoms with E-state index in [1.807, 2.05) is 0 Å². The summed E-state index contributed by atoms with van der Waals surface area (Å²) >= 11 is 0. The van der Waals surface area contributed by atoms with Crippen molar-refractivity contribution in [1.82, 2.24) is 9.80 Å². The maximum absolute atomic E-state index is 12.7. The summed E-state index contributed by atoms with van der Waals surface area (Å²) in [4.78, 5) is 27.6. The van der Waals surface area contributed by atoms with Crippen molar-refractivity contribution in [2.45, 2.75) is 23.5 Å². The van der Waals surface area contributed by atoms with Gasteiger partial charge in [-0.1, -0.05) is 0 Å². The molecular weight excluding hydrogens is 420 g/mol. The molecule has 2 saturated heterocycles. The predicted octanol–water partition coefficient (Wildman–Crippen LogP) is 0.562. The van der Waals surface area contributed by atoms with Crippen LogP contribution in [-0.4, -0.2) is 88.2 Å². The molecule has 0 aromatic heterocycles. The lowest BCUT2D eigenvalue weighted by Gasteiger charge is -2.34. The first-order valence-electron chi connectivity index (χ1n) is 9.39. The van der Waals surface area contributed by atoms with Crippen molar-refractivity contribution < 1.29 is 31.2 Å². The van der Waals surface area contributed by atoms with Crippen LogP contribution in [0.1, 0.15) is 23.7 Å². The Bertz CT molecular complexity index is 980. The fraction of sp³-hybridized carbons (Fsp3) is 0.556. The molecule has 0 spiro atoms. The zero-order valence-electron chi connectivity index (χ0n) is 16.1. The Kier molecular flexibility index (Phi) is 6.18. The molecule has 1 aromatic carbocycles. The van der Waals surface area contributed by atoms with Crippen LogP contribution in [0.15, 0.2) is 29.2 Å². The summed E-state index contributed by atoms with van der Waals surface area (Å²) in [6, 6.07) is 5.58. The first-order chi connectivity index (χ1) is 13.6. The number of carbonyl (C=O) groups excluding carboxylic acids is 2. The zero-order chi connectivity index (χ0) is 21.2. The van der Waals surface area contributed by atoms with Crippen molar-refractivity contribution in [3.05, 3.63) is 29.8 Å². The molecule has 1 atom stereocenters. The number of amides is 2. The Morgan fingerprint density at radius 1 is 1.07 bits per heavy atom. The summed E-state index contributed by atoms with van der Waals surface area (Å²) in [6.45, 7) is 3.48. The van der Waals surface area contributed by atoms with Crippen molar-refractivity contribution >= 4 is 31.7 Å². The lowest BCUT2D eigenvalue weighted by atomic mass is 10.2. The quantitative estimate of drug-likeness (QED) is 0.666. The van der Waals surface area contributed by atoms with E-state index in [2.05, 4.69) is 0 Å². The van der Waals surface area contributed by atoms with Gasteiger partial charge in [-0.25, -0.2) is 21.6 Å². The molecule has 1 unspecified atom stereocenters. The van der Waals surface area contributed by atoms with Crippen LogP contribution >= 0.6 is 0 Å². The average Bonchev–Trinajstić information content (AvgIpc) is 3.08. The first-order valence-corrected chi connectivity index (χ1v) is 12.8. The smallest absolute Gasteiger partial charge is 0.409 e. The molecule has 2 fully saturated rings. The highest BCUT2D eigenvalue weighted by molar-refractivity contribution is 7.96. The number of piperazine rings is 1. The Labute approximate surface area is 170 Å². The van der Waals surface area contributed by atoms with Gasteiger partial charge in [-0.15, -0.1) is 0 Å². The number of hydrogen-bond donors (Lipinski definition) is 0. The number of sulfone groups is 2. The third-order valence-corrected chi connectivity index (χ3v) is 9.34. The third kappa shape index (κ3) is 4.72. The second-order valence-electron chi connectivity index (χ2n) is 7.07. The number of hydrogen-bond acceptors (Lipinski definition) is 7. The zero-order valence-corrected chi connectivity index (χ0v) is 17.7. The molecule has 2 aliphatic rings. The molecule has 0 aliphatic carbocycles. The van der Waals surface area contributed by atoms with Gasteiger partial charge in [0.25, 0.3) is 5.91 Å². The minimum atomic E-state index is -3.76. The van der Waals surface area contributed by atoms with Crippen LogP contribution in [0, 0.1) is 0 Å². The van der Waals surface area contributed by atoms with Crippen LogP contribution in [0.25, 0.3) is 0 Å². The minimum absolute atomic E-state index is 0.0169. The average molecular weight is 445 g/mol. The van der Waals surface area contributed by atoms with Gasteiger partial charge in [0.2, 0.25) is 0 Å². The van der Waals surface area contributed by atoms with Gasteiger partial charge in [0.05, 0.1) is 28.3 Å². The van der Waals surface area contributed by atoms with E-state index in [4.69, 9.17) is 4.74 Å². The number of benzene rings is 1. The second-order valence-corrected chi connectivity index (χ2v) is 11.5. The van der Waals surface area contributed by atoms with E-state index < -0.39 is 31.0 Å². The molecule has 29 heavy (non-hydrogen) atoms. The Morgan fingerprint density at radius 3 is 2.17 bits per heavy atom. The topological polar surface area (TPSA) is 118 Å². The maximum Gasteiger partial charge on any atom is 0.409 e. The summed E-state index contributed by atoms with van der Waals surface area (Å²) < 4.78 is 53.4. The monoisotopic (exact) mass is 444 g/mol. The molecule has 2 heterocycles. The molecule has 11 heteroatoms. The number of ether oxygens (including phenoxy) is 1. The maximum atomic E-state index is 12.7. The Balaban J connectivity index is 1.65. The van der Waals surface area contributed by atoms with E-state index in [1.165, 1.54) is 24.3 Å². The van der Waals surface area contributed by atoms with E-state index in [-0.39, 0.29) is 28.7 Å². The lowest BCUT2D eigenvalue weighted by Crippen LogP contribution is -2.50. The molecule has 0 bridgehead atoms. The van der Waals surface area contributed by atoms with Crippen molar-refractivity contribution in [2.24, 2.45) is 0 Å². The molecule has 2 amide bonds. The molecule has 160 valence electrons. The summed E-state index contributed by atoms with van der Waals surface area (Å²) in [5, 5.41) is -0.940. The van der Waals surface area contributed by atoms with Crippen LogP contribution in [0.3, 0.4) is 0 Å². The third-order valence-electron chi connectivity index (χ3n) is 5.15. The minimum Gasteiger partial charge on any atom is -0.450 e. The molecule has 0 saturated carbocycles. The van der Waals surface area contributed by atoms with Gasteiger partial charge < -0.3 is 14.5 Å². The van der Waals surface area contributed by atoms with Gasteiger partial charge in [0.1, 0.15) is 0 Å². The molecular formula is C18H24N2O7S2. The standard InChI is InChI=1S/C18H24N2O7S2/c1-2-27-18(22)20-10-8-19(9-11-20)17(21)14-3-5-15(6-4-14)29(25,26)16-7-12-28(23,24)13-16/h3-6,16H,2,7-13H2,1H3. The molecule has 0 N–H and O–H groups in total. The van der Waals surface area contributed by atoms with Gasteiger partial charge in [-0.2, -0.15) is 0 Å². The second kappa shape index (κ2) is 8.31. The van der Waals surface area contributed by atoms with Gasteiger partial charge in [-0.3, -0.25) is 4.79 Å². The molecule has 0 radical (unpaired) electrons. The van der Waals surface area contributed by atoms with E-state index in [0.29, 0.717) is 38.3 Å². The normalized spacial score (nSPS) is 21.8. The first kappa shape index (κ1) is 21.6. The summed E-state index contributed by atoms with van der Waals surface area (Å²) in [5.41, 5.74) is 0.340. The van der Waals surface area contributed by atoms with Gasteiger partial charge >= 0.3 is 6.09 Å². The van der Waals surface area contributed by atoms with Crippen molar-refractivity contribution in [2.75, 3.05) is 44.3 Å². The van der Waals surface area contributed by atoms with Crippen LogP contribution < -0.4 is 0 Å². The van der Waals surface area contributed by atoms with Crippen LogP contribution in [0.4, 0.5) is 4.79 Å². The molecule has 3 rings (SSSR count). The fourth-order valence-electron chi connectivity index (χ4n) is 3.47. The Morgan fingerprint density at radius 2 is 1.66 bits per heavy atom. The fourth-order valence-corrected chi connectivity index (χ4v) is 7.83. The van der Waals surface area contributed by atoms with Gasteiger partial charge in [0, 0.05) is 31.7 Å². The highest BCUT2D eigenvalue weighted by atomic mass is 32.2. The number of carbonyl (C=O) groups is 2. The molecule has 2 aliphatic heterocycles. The highest BCUT2D eigenvalue weighted by Crippen LogP contribution is 2.25. The van der Waals surface area contributed by atoms with Crippen molar-refractivity contribution in [3.63, 3.8) is 0 Å². The van der Waals surface area contributed by atoms with Gasteiger partial charge in [-0.05, 0) is 37.6 Å². The summed E-state index contributed by atoms with van der Waals surface area (Å²) in [7, 11) is -7.08. The predicted molar refractivity (Wildman–Crippen MR) is 105 cm³/mol. The van der Waals surface area contributed by atoms with E-state index in [0.717, 1.165) is 0 Å². The SMILES string of the molecule is CCOC(=O)N1CCN(C(=O)c2ccc(S(=O)(=O)C3CCS(=O)(=O)C3)cc2)CC1. The summed E-state index contributed by atoms with van der Waals surface area (Å²) in [6.07, 6.45) is -0.307. The van der Waals surface area contributed by atoms with E-state index in [1.54, 1.807) is 16.7 Å². The number of nitrogens with zero attached hydrogens (tertiary/aromatic N) is 2. The van der Waals surface area contributed by atoms with E-state index >= 15 is 0 Å². The largest absolute Gasteiger partial charge is 0.450 e. The Hall–Kier alpha value is -2.14. The molecule has 1 aromatic rings. The molecule has 9 nitrogen and oxygen atoms in total.